The monoisotopic (exact) mass is 264 g/mol. The van der Waals surface area contributed by atoms with E-state index in [0.29, 0.717) is 12.5 Å². The molecule has 1 heterocycles. The van der Waals surface area contributed by atoms with Crippen molar-refractivity contribution in [3.63, 3.8) is 0 Å². The maximum absolute atomic E-state index is 13.0. The fourth-order valence-electron chi connectivity index (χ4n) is 2.48. The Bertz CT molecular complexity index is 444. The van der Waals surface area contributed by atoms with Crippen LogP contribution in [0, 0.1) is 11.7 Å². The smallest absolute Gasteiger partial charge is 0.241 e. The van der Waals surface area contributed by atoms with E-state index in [-0.39, 0.29) is 23.9 Å². The standard InChI is InChI=1S/C15H21FN2O/c1-4-13-15(19)18(9-10(2)3)14(17-13)11-5-7-12(16)8-6-11/h5-8,10,13-14,17H,4,9H2,1-3H3. The van der Waals surface area contributed by atoms with Crippen LogP contribution >= 0.6 is 0 Å². The first-order chi connectivity index (χ1) is 9.02. The molecule has 2 atom stereocenters. The Balaban J connectivity index is 2.25. The van der Waals surface area contributed by atoms with Gasteiger partial charge in [-0.3, -0.25) is 10.1 Å². The maximum Gasteiger partial charge on any atom is 0.241 e. The van der Waals surface area contributed by atoms with Gasteiger partial charge < -0.3 is 4.90 Å². The van der Waals surface area contributed by atoms with Crippen LogP contribution in [-0.4, -0.2) is 23.4 Å². The summed E-state index contributed by atoms with van der Waals surface area (Å²) in [6, 6.07) is 6.23. The summed E-state index contributed by atoms with van der Waals surface area (Å²) >= 11 is 0. The summed E-state index contributed by atoms with van der Waals surface area (Å²) in [4.78, 5) is 14.2. The van der Waals surface area contributed by atoms with Gasteiger partial charge in [-0.25, -0.2) is 4.39 Å². The Morgan fingerprint density at radius 1 is 1.32 bits per heavy atom. The molecule has 1 saturated heterocycles. The lowest BCUT2D eigenvalue weighted by molar-refractivity contribution is -0.130. The van der Waals surface area contributed by atoms with Crippen molar-refractivity contribution in [3.05, 3.63) is 35.6 Å². The molecule has 0 saturated carbocycles. The summed E-state index contributed by atoms with van der Waals surface area (Å²) in [5, 5.41) is 3.34. The van der Waals surface area contributed by atoms with Gasteiger partial charge in [0.1, 0.15) is 12.0 Å². The van der Waals surface area contributed by atoms with E-state index in [2.05, 4.69) is 19.2 Å². The highest BCUT2D eigenvalue weighted by atomic mass is 19.1. The van der Waals surface area contributed by atoms with Crippen molar-refractivity contribution in [1.29, 1.82) is 0 Å². The number of carbonyl (C=O) groups is 1. The molecule has 4 heteroatoms. The number of hydrogen-bond donors (Lipinski definition) is 1. The number of rotatable bonds is 4. The van der Waals surface area contributed by atoms with Crippen molar-refractivity contribution >= 4 is 5.91 Å². The molecule has 1 aliphatic rings. The zero-order valence-corrected chi connectivity index (χ0v) is 11.7. The molecule has 2 rings (SSSR count). The third-order valence-corrected chi connectivity index (χ3v) is 3.41. The fourth-order valence-corrected chi connectivity index (χ4v) is 2.48. The van der Waals surface area contributed by atoms with Crippen LogP contribution in [-0.2, 0) is 4.79 Å². The summed E-state index contributed by atoms with van der Waals surface area (Å²) in [6.07, 6.45) is 0.630. The van der Waals surface area contributed by atoms with E-state index in [1.54, 1.807) is 12.1 Å². The minimum Gasteiger partial charge on any atom is -0.321 e. The van der Waals surface area contributed by atoms with E-state index >= 15 is 0 Å². The number of nitrogens with zero attached hydrogens (tertiary/aromatic N) is 1. The highest BCUT2D eigenvalue weighted by Crippen LogP contribution is 2.27. The minimum atomic E-state index is -0.254. The number of carbonyl (C=O) groups excluding carboxylic acids is 1. The summed E-state index contributed by atoms with van der Waals surface area (Å²) < 4.78 is 13.0. The Labute approximate surface area is 113 Å². The van der Waals surface area contributed by atoms with E-state index in [0.717, 1.165) is 12.0 Å². The lowest BCUT2D eigenvalue weighted by Gasteiger charge is -2.26. The fraction of sp³-hybridized carbons (Fsp3) is 0.533. The van der Waals surface area contributed by atoms with Crippen molar-refractivity contribution in [1.82, 2.24) is 10.2 Å². The molecule has 19 heavy (non-hydrogen) atoms. The van der Waals surface area contributed by atoms with Crippen LogP contribution in [0.5, 0.6) is 0 Å². The molecule has 1 N–H and O–H groups in total. The average molecular weight is 264 g/mol. The van der Waals surface area contributed by atoms with Crippen molar-refractivity contribution in [2.75, 3.05) is 6.54 Å². The third kappa shape index (κ3) is 2.95. The Morgan fingerprint density at radius 2 is 1.95 bits per heavy atom. The van der Waals surface area contributed by atoms with E-state index in [9.17, 15) is 9.18 Å². The van der Waals surface area contributed by atoms with Gasteiger partial charge in [0.2, 0.25) is 5.91 Å². The number of amides is 1. The molecule has 1 aromatic carbocycles. The van der Waals surface area contributed by atoms with Gasteiger partial charge in [0.15, 0.2) is 0 Å². The van der Waals surface area contributed by atoms with Gasteiger partial charge >= 0.3 is 0 Å². The number of nitrogens with one attached hydrogen (secondary N) is 1. The molecule has 0 aromatic heterocycles. The normalized spacial score (nSPS) is 23.4. The number of halogens is 1. The van der Waals surface area contributed by atoms with E-state index < -0.39 is 0 Å². The zero-order chi connectivity index (χ0) is 14.0. The van der Waals surface area contributed by atoms with Crippen LogP contribution < -0.4 is 5.32 Å². The first kappa shape index (κ1) is 14.0. The average Bonchev–Trinajstić information content (AvgIpc) is 2.67. The number of benzene rings is 1. The predicted molar refractivity (Wildman–Crippen MR) is 72.9 cm³/mol. The van der Waals surface area contributed by atoms with Crippen LogP contribution in [0.4, 0.5) is 4.39 Å². The van der Waals surface area contributed by atoms with Crippen LogP contribution in [0.2, 0.25) is 0 Å². The van der Waals surface area contributed by atoms with Crippen LogP contribution in [0.1, 0.15) is 38.9 Å². The molecule has 104 valence electrons. The second-order valence-corrected chi connectivity index (χ2v) is 5.47. The molecule has 0 spiro atoms. The van der Waals surface area contributed by atoms with Gasteiger partial charge in [0.05, 0.1) is 6.04 Å². The molecule has 1 amide bonds. The summed E-state index contributed by atoms with van der Waals surface area (Å²) in [5.74, 6) is 0.297. The molecule has 0 radical (unpaired) electrons. The van der Waals surface area contributed by atoms with Gasteiger partial charge in [-0.05, 0) is 30.0 Å². The Hall–Kier alpha value is -1.42. The van der Waals surface area contributed by atoms with Crippen LogP contribution in [0.25, 0.3) is 0 Å². The molecule has 1 fully saturated rings. The SMILES string of the molecule is CCC1NC(c2ccc(F)cc2)N(CC(C)C)C1=O. The maximum atomic E-state index is 13.0. The molecular weight excluding hydrogens is 243 g/mol. The largest absolute Gasteiger partial charge is 0.321 e. The lowest BCUT2D eigenvalue weighted by Crippen LogP contribution is -2.34. The Morgan fingerprint density at radius 3 is 2.47 bits per heavy atom. The predicted octanol–water partition coefficient (Wildman–Crippen LogP) is 2.69. The molecule has 1 aliphatic heterocycles. The van der Waals surface area contributed by atoms with Gasteiger partial charge in [0, 0.05) is 6.54 Å². The molecular formula is C15H21FN2O. The second kappa shape index (κ2) is 5.70. The molecule has 1 aromatic rings. The second-order valence-electron chi connectivity index (χ2n) is 5.47. The lowest BCUT2D eigenvalue weighted by atomic mass is 10.1. The Kier molecular flexibility index (Phi) is 4.20. The van der Waals surface area contributed by atoms with Gasteiger partial charge in [-0.1, -0.05) is 32.9 Å². The summed E-state index contributed by atoms with van der Waals surface area (Å²) in [7, 11) is 0. The van der Waals surface area contributed by atoms with Gasteiger partial charge in [0.25, 0.3) is 0 Å². The summed E-state index contributed by atoms with van der Waals surface area (Å²) in [6.45, 7) is 6.89. The number of hydrogen-bond acceptors (Lipinski definition) is 2. The van der Waals surface area contributed by atoms with Crippen molar-refractivity contribution in [3.8, 4) is 0 Å². The van der Waals surface area contributed by atoms with Gasteiger partial charge in [-0.2, -0.15) is 0 Å². The van der Waals surface area contributed by atoms with Crippen LogP contribution in [0.3, 0.4) is 0 Å². The van der Waals surface area contributed by atoms with E-state index in [1.807, 2.05) is 11.8 Å². The molecule has 0 bridgehead atoms. The first-order valence-corrected chi connectivity index (χ1v) is 6.85. The minimum absolute atomic E-state index is 0.131. The zero-order valence-electron chi connectivity index (χ0n) is 11.7. The highest BCUT2D eigenvalue weighted by Gasteiger charge is 2.38. The molecule has 2 unspecified atom stereocenters. The van der Waals surface area contributed by atoms with Gasteiger partial charge in [-0.15, -0.1) is 0 Å². The highest BCUT2D eigenvalue weighted by molar-refractivity contribution is 5.84. The topological polar surface area (TPSA) is 32.3 Å². The van der Waals surface area contributed by atoms with E-state index in [4.69, 9.17) is 0 Å². The van der Waals surface area contributed by atoms with Crippen molar-refractivity contribution in [2.24, 2.45) is 5.92 Å². The molecule has 3 nitrogen and oxygen atoms in total. The van der Waals surface area contributed by atoms with Crippen LogP contribution in [0.15, 0.2) is 24.3 Å². The van der Waals surface area contributed by atoms with E-state index in [1.165, 1.54) is 12.1 Å². The quantitative estimate of drug-likeness (QED) is 0.907. The summed E-state index contributed by atoms with van der Waals surface area (Å²) in [5.41, 5.74) is 0.936. The first-order valence-electron chi connectivity index (χ1n) is 6.85. The van der Waals surface area contributed by atoms with Crippen molar-refractivity contribution in [2.45, 2.75) is 39.4 Å². The third-order valence-electron chi connectivity index (χ3n) is 3.41. The van der Waals surface area contributed by atoms with Crippen molar-refractivity contribution < 1.29 is 9.18 Å². The molecule has 0 aliphatic carbocycles.